The van der Waals surface area contributed by atoms with E-state index in [1.165, 1.54) is 13.8 Å². The third-order valence-electron chi connectivity index (χ3n) is 2.50. The van der Waals surface area contributed by atoms with E-state index in [-0.39, 0.29) is 12.4 Å². The third kappa shape index (κ3) is 4.01. The molecule has 1 aromatic rings. The molecule has 0 fully saturated rings. The zero-order valence-electron chi connectivity index (χ0n) is 11.5. The highest BCUT2D eigenvalue weighted by atomic mass is 19.1. The van der Waals surface area contributed by atoms with Crippen LogP contribution in [0.3, 0.4) is 0 Å². The van der Waals surface area contributed by atoms with Gasteiger partial charge < -0.3 is 9.47 Å². The summed E-state index contributed by atoms with van der Waals surface area (Å²) >= 11 is 0. The second kappa shape index (κ2) is 6.45. The molecule has 0 N–H and O–H groups in total. The quantitative estimate of drug-likeness (QED) is 0.474. The van der Waals surface area contributed by atoms with Crippen molar-refractivity contribution in [1.82, 2.24) is 0 Å². The van der Waals surface area contributed by atoms with Crippen LogP contribution in [0.2, 0.25) is 0 Å². The van der Waals surface area contributed by atoms with E-state index < -0.39 is 29.0 Å². The summed E-state index contributed by atoms with van der Waals surface area (Å²) in [4.78, 5) is 23.6. The summed E-state index contributed by atoms with van der Waals surface area (Å²) in [5, 5.41) is 0. The van der Waals surface area contributed by atoms with E-state index in [1.54, 1.807) is 0 Å². The zero-order valence-corrected chi connectivity index (χ0v) is 11.5. The standard InChI is InChI=1S/C14H16F2O4/c1-4-5-19-12(17)14(2,3)13(18)20-11-7-9(15)6-10(16)8-11/h6-8H,4-5H2,1-3H3. The van der Waals surface area contributed by atoms with Crippen LogP contribution in [0.25, 0.3) is 0 Å². The zero-order chi connectivity index (χ0) is 15.3. The lowest BCUT2D eigenvalue weighted by molar-refractivity contribution is -0.164. The van der Waals surface area contributed by atoms with Gasteiger partial charge in [0.2, 0.25) is 0 Å². The molecule has 20 heavy (non-hydrogen) atoms. The van der Waals surface area contributed by atoms with Crippen LogP contribution in [0.15, 0.2) is 18.2 Å². The monoisotopic (exact) mass is 286 g/mol. The van der Waals surface area contributed by atoms with E-state index >= 15 is 0 Å². The van der Waals surface area contributed by atoms with Crippen molar-refractivity contribution < 1.29 is 27.8 Å². The van der Waals surface area contributed by atoms with Crippen LogP contribution in [0.4, 0.5) is 8.78 Å². The minimum Gasteiger partial charge on any atom is -0.465 e. The van der Waals surface area contributed by atoms with Crippen molar-refractivity contribution in [3.63, 3.8) is 0 Å². The Bertz CT molecular complexity index is 492. The first-order chi connectivity index (χ1) is 9.27. The topological polar surface area (TPSA) is 52.6 Å². The molecule has 0 radical (unpaired) electrons. The molecule has 1 rings (SSSR count). The van der Waals surface area contributed by atoms with Gasteiger partial charge in [-0.2, -0.15) is 0 Å². The molecule has 0 saturated carbocycles. The average molecular weight is 286 g/mol. The lowest BCUT2D eigenvalue weighted by Gasteiger charge is -2.20. The summed E-state index contributed by atoms with van der Waals surface area (Å²) < 4.78 is 35.7. The molecular weight excluding hydrogens is 270 g/mol. The van der Waals surface area contributed by atoms with E-state index in [0.29, 0.717) is 12.5 Å². The van der Waals surface area contributed by atoms with Crippen molar-refractivity contribution >= 4 is 11.9 Å². The number of esters is 2. The Labute approximate surface area is 115 Å². The molecule has 110 valence electrons. The maximum absolute atomic E-state index is 13.0. The van der Waals surface area contributed by atoms with Gasteiger partial charge in [0, 0.05) is 18.2 Å². The number of hydrogen-bond acceptors (Lipinski definition) is 4. The number of halogens is 2. The maximum Gasteiger partial charge on any atom is 0.328 e. The van der Waals surface area contributed by atoms with Gasteiger partial charge in [0.05, 0.1) is 6.61 Å². The molecular formula is C14H16F2O4. The van der Waals surface area contributed by atoms with E-state index in [2.05, 4.69) is 0 Å². The van der Waals surface area contributed by atoms with Crippen LogP contribution in [0.1, 0.15) is 27.2 Å². The fourth-order valence-corrected chi connectivity index (χ4v) is 1.28. The van der Waals surface area contributed by atoms with Gasteiger partial charge in [0.25, 0.3) is 0 Å². The van der Waals surface area contributed by atoms with Crippen LogP contribution in [-0.2, 0) is 14.3 Å². The SMILES string of the molecule is CCCOC(=O)C(C)(C)C(=O)Oc1cc(F)cc(F)c1. The molecule has 4 nitrogen and oxygen atoms in total. The van der Waals surface area contributed by atoms with Crippen molar-refractivity contribution in [1.29, 1.82) is 0 Å². The van der Waals surface area contributed by atoms with Gasteiger partial charge in [0.1, 0.15) is 17.4 Å². The number of carbonyl (C=O) groups excluding carboxylic acids is 2. The van der Waals surface area contributed by atoms with E-state index in [4.69, 9.17) is 9.47 Å². The average Bonchev–Trinajstić information content (AvgIpc) is 2.34. The van der Waals surface area contributed by atoms with Crippen LogP contribution < -0.4 is 4.74 Å². The number of carbonyl (C=O) groups is 2. The molecule has 0 bridgehead atoms. The van der Waals surface area contributed by atoms with Crippen molar-refractivity contribution in [3.8, 4) is 5.75 Å². The molecule has 0 saturated heterocycles. The summed E-state index contributed by atoms with van der Waals surface area (Å²) in [5.41, 5.74) is -1.56. The van der Waals surface area contributed by atoms with E-state index in [9.17, 15) is 18.4 Å². The van der Waals surface area contributed by atoms with Crippen LogP contribution in [0, 0.1) is 17.0 Å². The molecule has 0 atom stereocenters. The lowest BCUT2D eigenvalue weighted by Crippen LogP contribution is -2.38. The third-order valence-corrected chi connectivity index (χ3v) is 2.50. The largest absolute Gasteiger partial charge is 0.465 e. The van der Waals surface area contributed by atoms with Crippen LogP contribution >= 0.6 is 0 Å². The number of ether oxygens (including phenoxy) is 2. The second-order valence-electron chi connectivity index (χ2n) is 4.76. The lowest BCUT2D eigenvalue weighted by atomic mass is 9.94. The van der Waals surface area contributed by atoms with E-state index in [1.807, 2.05) is 6.92 Å². The van der Waals surface area contributed by atoms with Crippen LogP contribution in [-0.4, -0.2) is 18.5 Å². The Morgan fingerprint density at radius 3 is 2.15 bits per heavy atom. The molecule has 0 aromatic heterocycles. The van der Waals surface area contributed by atoms with Gasteiger partial charge in [0.15, 0.2) is 5.41 Å². The summed E-state index contributed by atoms with van der Waals surface area (Å²) in [6.45, 7) is 4.64. The Hall–Kier alpha value is -1.98. The summed E-state index contributed by atoms with van der Waals surface area (Å²) in [6, 6.07) is 2.36. The Balaban J connectivity index is 2.80. The number of benzene rings is 1. The van der Waals surface area contributed by atoms with Gasteiger partial charge in [-0.3, -0.25) is 9.59 Å². The minimum absolute atomic E-state index is 0.185. The fourth-order valence-electron chi connectivity index (χ4n) is 1.28. The molecule has 0 amide bonds. The molecule has 0 aliphatic carbocycles. The predicted molar refractivity (Wildman–Crippen MR) is 67.0 cm³/mol. The Kier molecular flexibility index (Phi) is 5.19. The summed E-state index contributed by atoms with van der Waals surface area (Å²) in [6.07, 6.45) is 0.617. The highest BCUT2D eigenvalue weighted by molar-refractivity contribution is 5.99. The molecule has 0 heterocycles. The highest BCUT2D eigenvalue weighted by Gasteiger charge is 2.39. The molecule has 6 heteroatoms. The van der Waals surface area contributed by atoms with Gasteiger partial charge in [-0.15, -0.1) is 0 Å². The Morgan fingerprint density at radius 1 is 1.10 bits per heavy atom. The number of hydrogen-bond donors (Lipinski definition) is 0. The maximum atomic E-state index is 13.0. The highest BCUT2D eigenvalue weighted by Crippen LogP contribution is 2.23. The summed E-state index contributed by atoms with van der Waals surface area (Å²) in [5.74, 6) is -3.74. The molecule has 1 aromatic carbocycles. The van der Waals surface area contributed by atoms with Gasteiger partial charge in [-0.1, -0.05) is 6.92 Å². The predicted octanol–water partition coefficient (Wildman–Crippen LogP) is 2.85. The number of rotatable bonds is 5. The molecule has 0 spiro atoms. The first kappa shape index (κ1) is 16.1. The first-order valence-corrected chi connectivity index (χ1v) is 6.13. The van der Waals surface area contributed by atoms with E-state index in [0.717, 1.165) is 12.1 Å². The van der Waals surface area contributed by atoms with Gasteiger partial charge in [-0.05, 0) is 20.3 Å². The molecule has 0 aliphatic rings. The normalized spacial score (nSPS) is 11.1. The Morgan fingerprint density at radius 2 is 1.65 bits per heavy atom. The van der Waals surface area contributed by atoms with Gasteiger partial charge in [-0.25, -0.2) is 8.78 Å². The fraction of sp³-hybridized carbons (Fsp3) is 0.429. The minimum atomic E-state index is -1.56. The van der Waals surface area contributed by atoms with Gasteiger partial charge >= 0.3 is 11.9 Å². The smallest absolute Gasteiger partial charge is 0.328 e. The van der Waals surface area contributed by atoms with Crippen molar-refractivity contribution in [2.45, 2.75) is 27.2 Å². The van der Waals surface area contributed by atoms with Crippen LogP contribution in [0.5, 0.6) is 5.75 Å². The van der Waals surface area contributed by atoms with Crippen molar-refractivity contribution in [2.75, 3.05) is 6.61 Å². The molecule has 0 aliphatic heterocycles. The van der Waals surface area contributed by atoms with Crippen molar-refractivity contribution in [2.24, 2.45) is 5.41 Å². The second-order valence-corrected chi connectivity index (χ2v) is 4.76. The molecule has 0 unspecified atom stereocenters. The summed E-state index contributed by atoms with van der Waals surface area (Å²) in [7, 11) is 0. The van der Waals surface area contributed by atoms with Crippen molar-refractivity contribution in [3.05, 3.63) is 29.8 Å². The first-order valence-electron chi connectivity index (χ1n) is 6.13.